The molecule has 21 heavy (non-hydrogen) atoms. The van der Waals surface area contributed by atoms with E-state index in [2.05, 4.69) is 6.92 Å². The van der Waals surface area contributed by atoms with Crippen molar-refractivity contribution in [3.63, 3.8) is 0 Å². The van der Waals surface area contributed by atoms with Gasteiger partial charge in [0.25, 0.3) is 0 Å². The molecule has 0 unspecified atom stereocenters. The minimum Gasteiger partial charge on any atom is -0.548 e. The fourth-order valence-electron chi connectivity index (χ4n) is 2.24. The Labute approximate surface area is 152 Å². The van der Waals surface area contributed by atoms with Crippen molar-refractivity contribution in [2.24, 2.45) is 0 Å². The molecule has 0 saturated heterocycles. The van der Waals surface area contributed by atoms with Crippen LogP contribution in [0.25, 0.3) is 0 Å². The van der Waals surface area contributed by atoms with Crippen LogP contribution in [-0.2, 0) is 9.59 Å². The number of carbonyl (C=O) groups is 2. The van der Waals surface area contributed by atoms with Crippen molar-refractivity contribution in [1.29, 1.82) is 0 Å². The zero-order chi connectivity index (χ0) is 15.2. The number of carbonyl (C=O) groups excluding carboxylic acids is 2. The number of nitrogens with zero attached hydrogens (tertiary/aromatic N) is 1. The molecule has 0 bridgehead atoms. The summed E-state index contributed by atoms with van der Waals surface area (Å²) in [4.78, 5) is 23.1. The van der Waals surface area contributed by atoms with E-state index in [1.54, 1.807) is 0 Å². The molecule has 0 aromatic rings. The molecule has 0 aromatic heterocycles. The Hall–Kier alpha value is -0.0600. The topological polar surface area (TPSA) is 60.4 Å². The number of carboxylic acid groups (broad SMARTS) is 1. The third-order valence-electron chi connectivity index (χ3n) is 3.54. The summed E-state index contributed by atoms with van der Waals surface area (Å²) in [5.74, 6) is -1.31. The molecule has 0 aromatic carbocycles. The number of hydrogen-bond donors (Lipinski definition) is 0. The molecule has 1 amide bonds. The number of likely N-dealkylation sites (N-methyl/N-ethyl adjacent to an activating group) is 1. The number of rotatable bonds is 13. The van der Waals surface area contributed by atoms with Crippen LogP contribution in [0.2, 0.25) is 0 Å². The van der Waals surface area contributed by atoms with Crippen molar-refractivity contribution < 1.29 is 44.3 Å². The second-order valence-corrected chi connectivity index (χ2v) is 5.55. The van der Waals surface area contributed by atoms with Crippen LogP contribution in [0, 0.1) is 0 Å². The summed E-state index contributed by atoms with van der Waals surface area (Å²) in [6.45, 7) is 1.92. The van der Waals surface area contributed by atoms with Crippen molar-refractivity contribution in [1.82, 2.24) is 4.90 Å². The summed E-state index contributed by atoms with van der Waals surface area (Å²) in [6.07, 6.45) is 12.7. The second-order valence-electron chi connectivity index (χ2n) is 5.55. The maximum atomic E-state index is 11.5. The minimum atomic E-state index is -1.20. The zero-order valence-corrected chi connectivity index (χ0v) is 16.2. The first-order valence-electron chi connectivity index (χ1n) is 8.01. The third kappa shape index (κ3) is 16.1. The van der Waals surface area contributed by atoms with E-state index in [-0.39, 0.29) is 42.0 Å². The maximum Gasteiger partial charge on any atom is 1.00 e. The Morgan fingerprint density at radius 3 is 1.71 bits per heavy atom. The molecule has 0 saturated carbocycles. The summed E-state index contributed by atoms with van der Waals surface area (Å²) in [5.41, 5.74) is 0. The molecular weight excluding hydrogens is 277 g/mol. The van der Waals surface area contributed by atoms with E-state index < -0.39 is 5.97 Å². The maximum absolute atomic E-state index is 11.5. The predicted molar refractivity (Wildman–Crippen MR) is 79.1 cm³/mol. The Bertz CT molecular complexity index is 272. The molecule has 0 N–H and O–H groups in total. The van der Waals surface area contributed by atoms with Gasteiger partial charge in [0.15, 0.2) is 0 Å². The van der Waals surface area contributed by atoms with Gasteiger partial charge in [0.05, 0.1) is 12.5 Å². The number of carboxylic acids is 1. The van der Waals surface area contributed by atoms with Gasteiger partial charge in [-0.05, 0) is 6.42 Å². The van der Waals surface area contributed by atoms with Crippen molar-refractivity contribution in [3.05, 3.63) is 0 Å². The van der Waals surface area contributed by atoms with Crippen LogP contribution in [0.4, 0.5) is 0 Å². The second kappa shape index (κ2) is 16.3. The molecule has 0 aliphatic carbocycles. The van der Waals surface area contributed by atoms with Gasteiger partial charge in [-0.2, -0.15) is 0 Å². The van der Waals surface area contributed by atoms with Crippen molar-refractivity contribution >= 4 is 11.9 Å². The normalized spacial score (nSPS) is 10.0. The molecule has 0 atom stereocenters. The van der Waals surface area contributed by atoms with Gasteiger partial charge in [0, 0.05) is 13.5 Å². The van der Waals surface area contributed by atoms with E-state index in [0.717, 1.165) is 12.8 Å². The fourth-order valence-corrected chi connectivity index (χ4v) is 2.24. The Balaban J connectivity index is 0. The predicted octanol–water partition coefficient (Wildman–Crippen LogP) is -0.490. The van der Waals surface area contributed by atoms with Gasteiger partial charge in [-0.25, -0.2) is 0 Å². The Morgan fingerprint density at radius 2 is 1.29 bits per heavy atom. The van der Waals surface area contributed by atoms with Crippen LogP contribution in [-0.4, -0.2) is 30.4 Å². The number of amides is 1. The molecule has 0 fully saturated rings. The standard InChI is InChI=1S/C16H31NO3.Na/c1-3-4-5-6-7-8-9-10-11-12-13-15(18)17(2)14-16(19)20;/h3-14H2,1-2H3,(H,19,20);/q;+1/p-1. The van der Waals surface area contributed by atoms with Gasteiger partial charge in [-0.1, -0.05) is 64.7 Å². The monoisotopic (exact) mass is 307 g/mol. The Kier molecular flexibility index (Phi) is 18.0. The van der Waals surface area contributed by atoms with Crippen LogP contribution in [0.5, 0.6) is 0 Å². The molecule has 0 aliphatic rings. The van der Waals surface area contributed by atoms with Crippen LogP contribution in [0.3, 0.4) is 0 Å². The van der Waals surface area contributed by atoms with Crippen molar-refractivity contribution in [3.8, 4) is 0 Å². The molecule has 5 heteroatoms. The van der Waals surface area contributed by atoms with E-state index in [1.165, 1.54) is 63.3 Å². The Morgan fingerprint density at radius 1 is 0.857 bits per heavy atom. The first kappa shape index (κ1) is 23.2. The molecule has 0 spiro atoms. The van der Waals surface area contributed by atoms with Gasteiger partial charge in [-0.3, -0.25) is 4.79 Å². The third-order valence-corrected chi connectivity index (χ3v) is 3.54. The zero-order valence-electron chi connectivity index (χ0n) is 14.2. The minimum absolute atomic E-state index is 0. The summed E-state index contributed by atoms with van der Waals surface area (Å²) < 4.78 is 0. The molecule has 0 aliphatic heterocycles. The number of hydrogen-bond acceptors (Lipinski definition) is 3. The van der Waals surface area contributed by atoms with E-state index >= 15 is 0 Å². The molecular formula is C16H30NNaO3. The van der Waals surface area contributed by atoms with Gasteiger partial charge >= 0.3 is 29.6 Å². The molecule has 118 valence electrons. The van der Waals surface area contributed by atoms with Crippen LogP contribution in [0.15, 0.2) is 0 Å². The van der Waals surface area contributed by atoms with Crippen molar-refractivity contribution in [2.45, 2.75) is 77.6 Å². The van der Waals surface area contributed by atoms with Gasteiger partial charge in [0.1, 0.15) is 0 Å². The summed E-state index contributed by atoms with van der Waals surface area (Å²) in [5, 5.41) is 10.4. The fraction of sp³-hybridized carbons (Fsp3) is 0.875. The van der Waals surface area contributed by atoms with E-state index in [0.29, 0.717) is 6.42 Å². The molecule has 0 rings (SSSR count). The van der Waals surface area contributed by atoms with Gasteiger partial charge in [0.2, 0.25) is 5.91 Å². The summed E-state index contributed by atoms with van der Waals surface area (Å²) in [6, 6.07) is 0. The van der Waals surface area contributed by atoms with Gasteiger partial charge in [-0.15, -0.1) is 0 Å². The average molecular weight is 307 g/mol. The molecule has 0 radical (unpaired) electrons. The average Bonchev–Trinajstić information content (AvgIpc) is 2.39. The first-order chi connectivity index (χ1) is 9.57. The largest absolute Gasteiger partial charge is 1.00 e. The quantitative estimate of drug-likeness (QED) is 0.341. The van der Waals surface area contributed by atoms with E-state index in [9.17, 15) is 14.7 Å². The number of unbranched alkanes of at least 4 members (excludes halogenated alkanes) is 9. The van der Waals surface area contributed by atoms with Crippen LogP contribution < -0.4 is 34.7 Å². The molecule has 0 heterocycles. The smallest absolute Gasteiger partial charge is 0.548 e. The van der Waals surface area contributed by atoms with Crippen LogP contribution >= 0.6 is 0 Å². The SMILES string of the molecule is CCCCCCCCCCCCC(=O)N(C)CC(=O)[O-].[Na+]. The molecule has 4 nitrogen and oxygen atoms in total. The van der Waals surface area contributed by atoms with E-state index in [1.807, 2.05) is 0 Å². The van der Waals surface area contributed by atoms with Crippen molar-refractivity contribution in [2.75, 3.05) is 13.6 Å². The number of aliphatic carboxylic acids is 1. The van der Waals surface area contributed by atoms with Crippen LogP contribution in [0.1, 0.15) is 77.6 Å². The first-order valence-corrected chi connectivity index (χ1v) is 8.01. The summed E-state index contributed by atoms with van der Waals surface area (Å²) >= 11 is 0. The summed E-state index contributed by atoms with van der Waals surface area (Å²) in [7, 11) is 1.51. The van der Waals surface area contributed by atoms with Gasteiger partial charge < -0.3 is 14.8 Å². The van der Waals surface area contributed by atoms with E-state index in [4.69, 9.17) is 0 Å².